The van der Waals surface area contributed by atoms with Crippen LogP contribution in [0.15, 0.2) is 71.3 Å². The Hall–Kier alpha value is -2.57. The van der Waals surface area contributed by atoms with Gasteiger partial charge in [-0.2, -0.15) is 0 Å². The first-order chi connectivity index (χ1) is 14.6. The zero-order chi connectivity index (χ0) is 21.3. The molecule has 1 heterocycles. The van der Waals surface area contributed by atoms with Crippen molar-refractivity contribution in [3.8, 4) is 5.75 Å². The van der Waals surface area contributed by atoms with E-state index in [0.717, 1.165) is 28.9 Å². The molecule has 0 spiro atoms. The minimum absolute atomic E-state index is 0.00477. The average Bonchev–Trinajstić information content (AvgIpc) is 3.21. The lowest BCUT2D eigenvalue weighted by atomic mass is 10.1. The van der Waals surface area contributed by atoms with E-state index in [2.05, 4.69) is 44.9 Å². The third kappa shape index (κ3) is 5.97. The minimum Gasteiger partial charge on any atom is -0.497 e. The molecule has 0 radical (unpaired) electrons. The largest absolute Gasteiger partial charge is 0.497 e. The Kier molecular flexibility index (Phi) is 8.11. The van der Waals surface area contributed by atoms with Crippen LogP contribution in [0.3, 0.4) is 0 Å². The van der Waals surface area contributed by atoms with Gasteiger partial charge in [0.05, 0.1) is 13.7 Å². The normalized spacial score (nSPS) is 10.8. The van der Waals surface area contributed by atoms with Crippen LogP contribution in [0.4, 0.5) is 0 Å². The Morgan fingerprint density at radius 2 is 1.77 bits per heavy atom. The zero-order valence-electron chi connectivity index (χ0n) is 17.4. The second-order valence-electron chi connectivity index (χ2n) is 7.06. The van der Waals surface area contributed by atoms with Gasteiger partial charge in [-0.1, -0.05) is 28.1 Å². The Morgan fingerprint density at radius 3 is 2.43 bits per heavy atom. The molecule has 30 heavy (non-hydrogen) atoms. The standard InChI is InChI=1S/C24H27BrN2O3/c1-29-16-4-15-27(24(28)20-8-12-23(30-2)13-9-20)18-22-5-3-14-26(22)17-19-6-10-21(25)11-7-19/h3,5-14H,4,15-18H2,1-2H3. The molecule has 0 saturated carbocycles. The number of methoxy groups -OCH3 is 2. The summed E-state index contributed by atoms with van der Waals surface area (Å²) in [6.45, 7) is 2.55. The van der Waals surface area contributed by atoms with Gasteiger partial charge in [0.1, 0.15) is 5.75 Å². The van der Waals surface area contributed by atoms with E-state index < -0.39 is 0 Å². The predicted octanol–water partition coefficient (Wildman–Crippen LogP) is 4.99. The average molecular weight is 471 g/mol. The Balaban J connectivity index is 1.76. The number of ether oxygens (including phenoxy) is 2. The lowest BCUT2D eigenvalue weighted by molar-refractivity contribution is 0.0720. The van der Waals surface area contributed by atoms with Crippen LogP contribution in [0.25, 0.3) is 0 Å². The van der Waals surface area contributed by atoms with Crippen LogP contribution in [0.1, 0.15) is 28.0 Å². The van der Waals surface area contributed by atoms with E-state index in [0.29, 0.717) is 25.3 Å². The van der Waals surface area contributed by atoms with Gasteiger partial charge in [0, 0.05) is 48.7 Å². The third-order valence-electron chi connectivity index (χ3n) is 4.94. The van der Waals surface area contributed by atoms with Gasteiger partial charge in [-0.3, -0.25) is 4.79 Å². The maximum absolute atomic E-state index is 13.2. The van der Waals surface area contributed by atoms with Crippen molar-refractivity contribution >= 4 is 21.8 Å². The van der Waals surface area contributed by atoms with Crippen LogP contribution < -0.4 is 4.74 Å². The first-order valence-electron chi connectivity index (χ1n) is 9.91. The molecule has 0 aliphatic rings. The molecule has 158 valence electrons. The van der Waals surface area contributed by atoms with E-state index in [1.807, 2.05) is 47.4 Å². The summed E-state index contributed by atoms with van der Waals surface area (Å²) < 4.78 is 13.6. The number of hydrogen-bond donors (Lipinski definition) is 0. The van der Waals surface area contributed by atoms with Gasteiger partial charge in [-0.15, -0.1) is 0 Å². The lowest BCUT2D eigenvalue weighted by Crippen LogP contribution is -2.33. The van der Waals surface area contributed by atoms with Crippen molar-refractivity contribution in [1.29, 1.82) is 0 Å². The third-order valence-corrected chi connectivity index (χ3v) is 5.47. The molecule has 2 aromatic carbocycles. The van der Waals surface area contributed by atoms with E-state index in [9.17, 15) is 4.79 Å². The molecule has 0 bridgehead atoms. The molecule has 3 aromatic rings. The second kappa shape index (κ2) is 11.0. The van der Waals surface area contributed by atoms with Crippen LogP contribution in [-0.2, 0) is 17.8 Å². The SMILES string of the molecule is COCCCN(Cc1cccn1Cc1ccc(Br)cc1)C(=O)c1ccc(OC)cc1. The summed E-state index contributed by atoms with van der Waals surface area (Å²) in [5, 5.41) is 0. The summed E-state index contributed by atoms with van der Waals surface area (Å²) in [7, 11) is 3.30. The summed E-state index contributed by atoms with van der Waals surface area (Å²) >= 11 is 3.48. The molecule has 0 aliphatic heterocycles. The molecule has 3 rings (SSSR count). The number of halogens is 1. The highest BCUT2D eigenvalue weighted by atomic mass is 79.9. The van der Waals surface area contributed by atoms with Crippen LogP contribution >= 0.6 is 15.9 Å². The maximum Gasteiger partial charge on any atom is 0.254 e. The van der Waals surface area contributed by atoms with Gasteiger partial charge in [0.15, 0.2) is 0 Å². The maximum atomic E-state index is 13.2. The van der Waals surface area contributed by atoms with Crippen molar-refractivity contribution < 1.29 is 14.3 Å². The molecule has 5 nitrogen and oxygen atoms in total. The van der Waals surface area contributed by atoms with Gasteiger partial charge < -0.3 is 18.9 Å². The van der Waals surface area contributed by atoms with Crippen molar-refractivity contribution in [2.45, 2.75) is 19.5 Å². The quantitative estimate of drug-likeness (QED) is 0.392. The Morgan fingerprint density at radius 1 is 1.03 bits per heavy atom. The van der Waals surface area contributed by atoms with Crippen LogP contribution in [-0.4, -0.2) is 42.7 Å². The number of benzene rings is 2. The van der Waals surface area contributed by atoms with Gasteiger partial charge in [-0.25, -0.2) is 0 Å². The number of carbonyl (C=O) groups excluding carboxylic acids is 1. The fourth-order valence-electron chi connectivity index (χ4n) is 3.30. The van der Waals surface area contributed by atoms with E-state index >= 15 is 0 Å². The van der Waals surface area contributed by atoms with E-state index in [1.54, 1.807) is 14.2 Å². The van der Waals surface area contributed by atoms with Crippen LogP contribution in [0.2, 0.25) is 0 Å². The summed E-state index contributed by atoms with van der Waals surface area (Å²) in [5.41, 5.74) is 2.96. The van der Waals surface area contributed by atoms with Crippen molar-refractivity contribution in [3.63, 3.8) is 0 Å². The van der Waals surface area contributed by atoms with Crippen LogP contribution in [0, 0.1) is 0 Å². The summed E-state index contributed by atoms with van der Waals surface area (Å²) in [4.78, 5) is 15.1. The fraction of sp³-hybridized carbons (Fsp3) is 0.292. The van der Waals surface area contributed by atoms with Crippen molar-refractivity contribution in [1.82, 2.24) is 9.47 Å². The van der Waals surface area contributed by atoms with Crippen molar-refractivity contribution in [2.75, 3.05) is 27.4 Å². The van der Waals surface area contributed by atoms with Gasteiger partial charge >= 0.3 is 0 Å². The van der Waals surface area contributed by atoms with Gasteiger partial charge in [-0.05, 0) is 60.5 Å². The molecule has 0 atom stereocenters. The molecule has 0 N–H and O–H groups in total. The number of hydrogen-bond acceptors (Lipinski definition) is 3. The molecule has 0 fully saturated rings. The number of aromatic nitrogens is 1. The zero-order valence-corrected chi connectivity index (χ0v) is 19.0. The highest BCUT2D eigenvalue weighted by Crippen LogP contribution is 2.17. The Labute approximate surface area is 186 Å². The molecule has 0 aliphatic carbocycles. The summed E-state index contributed by atoms with van der Waals surface area (Å²) in [5.74, 6) is 0.742. The molecule has 6 heteroatoms. The topological polar surface area (TPSA) is 43.7 Å². The monoisotopic (exact) mass is 470 g/mol. The lowest BCUT2D eigenvalue weighted by Gasteiger charge is -2.24. The molecule has 1 amide bonds. The number of rotatable bonds is 10. The molecular weight excluding hydrogens is 444 g/mol. The van der Waals surface area contributed by atoms with E-state index in [4.69, 9.17) is 9.47 Å². The Bertz CT molecular complexity index is 936. The first-order valence-corrected chi connectivity index (χ1v) is 10.7. The number of amides is 1. The van der Waals surface area contributed by atoms with Crippen molar-refractivity contribution in [2.24, 2.45) is 0 Å². The van der Waals surface area contributed by atoms with E-state index in [1.165, 1.54) is 5.56 Å². The van der Waals surface area contributed by atoms with Crippen molar-refractivity contribution in [3.05, 3.63) is 88.2 Å². The fourth-order valence-corrected chi connectivity index (χ4v) is 3.56. The molecular formula is C24H27BrN2O3. The molecule has 0 unspecified atom stereocenters. The number of carbonyl (C=O) groups is 1. The minimum atomic E-state index is 0.00477. The van der Waals surface area contributed by atoms with E-state index in [-0.39, 0.29) is 5.91 Å². The first kappa shape index (κ1) is 22.1. The molecule has 0 saturated heterocycles. The smallest absolute Gasteiger partial charge is 0.254 e. The highest BCUT2D eigenvalue weighted by Gasteiger charge is 2.18. The van der Waals surface area contributed by atoms with Crippen LogP contribution in [0.5, 0.6) is 5.75 Å². The highest BCUT2D eigenvalue weighted by molar-refractivity contribution is 9.10. The van der Waals surface area contributed by atoms with Gasteiger partial charge in [0.2, 0.25) is 0 Å². The predicted molar refractivity (Wildman–Crippen MR) is 122 cm³/mol. The second-order valence-corrected chi connectivity index (χ2v) is 7.97. The summed E-state index contributed by atoms with van der Waals surface area (Å²) in [6.07, 6.45) is 2.84. The summed E-state index contributed by atoms with van der Waals surface area (Å²) in [6, 6.07) is 19.7. The van der Waals surface area contributed by atoms with Gasteiger partial charge in [0.25, 0.3) is 5.91 Å². The number of nitrogens with zero attached hydrogens (tertiary/aromatic N) is 2. The molecule has 1 aromatic heterocycles.